The molecule has 0 radical (unpaired) electrons. The van der Waals surface area contributed by atoms with Crippen LogP contribution in [0.4, 0.5) is 0 Å². The molecule has 0 aliphatic heterocycles. The predicted molar refractivity (Wildman–Crippen MR) is 71.6 cm³/mol. The van der Waals surface area contributed by atoms with Crippen molar-refractivity contribution in [3.05, 3.63) is 11.8 Å². The van der Waals surface area contributed by atoms with Gasteiger partial charge in [0.1, 0.15) is 0 Å². The van der Waals surface area contributed by atoms with Gasteiger partial charge in [-0.05, 0) is 32.4 Å². The van der Waals surface area contributed by atoms with Crippen molar-refractivity contribution in [1.29, 1.82) is 0 Å². The summed E-state index contributed by atoms with van der Waals surface area (Å²) in [6.07, 6.45) is 9.75. The molecule has 1 fully saturated rings. The van der Waals surface area contributed by atoms with E-state index >= 15 is 0 Å². The minimum Gasteiger partial charge on any atom is -0.425 e. The van der Waals surface area contributed by atoms with E-state index in [0.29, 0.717) is 5.92 Å². The molecule has 102 valence electrons. The fraction of sp³-hybridized carbons (Fsp3) is 0.857. The second-order valence-corrected chi connectivity index (χ2v) is 5.18. The maximum Gasteiger partial charge on any atom is 0.219 e. The Morgan fingerprint density at radius 1 is 1.17 bits per heavy atom. The summed E-state index contributed by atoms with van der Waals surface area (Å²) >= 11 is 0. The summed E-state index contributed by atoms with van der Waals surface area (Å²) in [6.45, 7) is 4.17. The van der Waals surface area contributed by atoms with E-state index in [9.17, 15) is 0 Å². The highest BCUT2D eigenvalue weighted by molar-refractivity contribution is 4.92. The smallest absolute Gasteiger partial charge is 0.219 e. The minimum absolute atomic E-state index is 0.516. The molecule has 1 N–H and O–H groups in total. The van der Waals surface area contributed by atoms with Crippen LogP contribution in [0.3, 0.4) is 0 Å². The number of aromatic nitrogens is 2. The van der Waals surface area contributed by atoms with E-state index < -0.39 is 0 Å². The zero-order valence-corrected chi connectivity index (χ0v) is 11.5. The summed E-state index contributed by atoms with van der Waals surface area (Å²) < 4.78 is 5.81. The highest BCUT2D eigenvalue weighted by Crippen LogP contribution is 2.30. The molecule has 0 aromatic carbocycles. The van der Waals surface area contributed by atoms with Gasteiger partial charge < -0.3 is 9.73 Å². The maximum atomic E-state index is 5.81. The molecule has 1 heterocycles. The largest absolute Gasteiger partial charge is 0.425 e. The SMILES string of the molecule is CCNCCCc1nnc(C2CCCCCC2)o1. The Morgan fingerprint density at radius 2 is 1.94 bits per heavy atom. The van der Waals surface area contributed by atoms with Gasteiger partial charge in [0.2, 0.25) is 11.8 Å². The third-order valence-corrected chi connectivity index (χ3v) is 3.68. The Bertz CT molecular complexity index is 330. The Hall–Kier alpha value is -0.900. The number of hydrogen-bond acceptors (Lipinski definition) is 4. The first-order valence-electron chi connectivity index (χ1n) is 7.43. The zero-order valence-electron chi connectivity index (χ0n) is 11.5. The zero-order chi connectivity index (χ0) is 12.6. The number of aryl methyl sites for hydroxylation is 1. The normalized spacial score (nSPS) is 17.8. The maximum absolute atomic E-state index is 5.81. The van der Waals surface area contributed by atoms with Crippen LogP contribution in [0.2, 0.25) is 0 Å². The van der Waals surface area contributed by atoms with Gasteiger partial charge in [-0.25, -0.2) is 0 Å². The highest BCUT2D eigenvalue weighted by Gasteiger charge is 2.20. The van der Waals surface area contributed by atoms with Crippen LogP contribution in [-0.4, -0.2) is 23.3 Å². The van der Waals surface area contributed by atoms with Crippen molar-refractivity contribution in [3.8, 4) is 0 Å². The van der Waals surface area contributed by atoms with Gasteiger partial charge in [-0.2, -0.15) is 0 Å². The lowest BCUT2D eigenvalue weighted by molar-refractivity contribution is 0.391. The summed E-state index contributed by atoms with van der Waals surface area (Å²) in [6, 6.07) is 0. The van der Waals surface area contributed by atoms with Gasteiger partial charge in [0, 0.05) is 12.3 Å². The molecule has 4 nitrogen and oxygen atoms in total. The molecular weight excluding hydrogens is 226 g/mol. The van der Waals surface area contributed by atoms with Crippen LogP contribution in [0, 0.1) is 0 Å². The van der Waals surface area contributed by atoms with Crippen molar-refractivity contribution in [2.75, 3.05) is 13.1 Å². The molecule has 2 rings (SSSR count). The molecule has 1 aliphatic rings. The van der Waals surface area contributed by atoms with Crippen LogP contribution < -0.4 is 5.32 Å². The van der Waals surface area contributed by atoms with Crippen molar-refractivity contribution in [2.24, 2.45) is 0 Å². The van der Waals surface area contributed by atoms with Gasteiger partial charge in [0.15, 0.2) is 0 Å². The molecular formula is C14H25N3O. The molecule has 1 aromatic heterocycles. The van der Waals surface area contributed by atoms with E-state index in [0.717, 1.165) is 37.7 Å². The van der Waals surface area contributed by atoms with Gasteiger partial charge in [-0.15, -0.1) is 10.2 Å². The average Bonchev–Trinajstić information content (AvgIpc) is 2.69. The Balaban J connectivity index is 1.81. The van der Waals surface area contributed by atoms with Gasteiger partial charge in [-0.3, -0.25) is 0 Å². The summed E-state index contributed by atoms with van der Waals surface area (Å²) in [5.74, 6) is 2.21. The van der Waals surface area contributed by atoms with Crippen LogP contribution in [-0.2, 0) is 6.42 Å². The standard InChI is InChI=1S/C14H25N3O/c1-2-15-11-7-10-13-16-17-14(18-13)12-8-5-3-4-6-9-12/h12,15H,2-11H2,1H3. The molecule has 1 aliphatic carbocycles. The number of nitrogens with one attached hydrogen (secondary N) is 1. The molecule has 0 bridgehead atoms. The molecule has 0 spiro atoms. The number of rotatable bonds is 6. The topological polar surface area (TPSA) is 51.0 Å². The summed E-state index contributed by atoms with van der Waals surface area (Å²) in [4.78, 5) is 0. The van der Waals surface area contributed by atoms with Crippen molar-refractivity contribution in [2.45, 2.75) is 64.2 Å². The molecule has 0 unspecified atom stereocenters. The van der Waals surface area contributed by atoms with Gasteiger partial charge >= 0.3 is 0 Å². The Kier molecular flexibility index (Phi) is 5.65. The minimum atomic E-state index is 0.516. The van der Waals surface area contributed by atoms with Gasteiger partial charge in [0.05, 0.1) is 0 Å². The Morgan fingerprint density at radius 3 is 2.67 bits per heavy atom. The van der Waals surface area contributed by atoms with Crippen LogP contribution in [0.25, 0.3) is 0 Å². The Labute approximate surface area is 110 Å². The van der Waals surface area contributed by atoms with Crippen LogP contribution in [0.15, 0.2) is 4.42 Å². The van der Waals surface area contributed by atoms with Crippen molar-refractivity contribution in [3.63, 3.8) is 0 Å². The van der Waals surface area contributed by atoms with Crippen molar-refractivity contribution < 1.29 is 4.42 Å². The summed E-state index contributed by atoms with van der Waals surface area (Å²) in [5.41, 5.74) is 0. The number of hydrogen-bond donors (Lipinski definition) is 1. The molecule has 1 saturated carbocycles. The molecule has 0 atom stereocenters. The van der Waals surface area contributed by atoms with E-state index in [1.807, 2.05) is 0 Å². The summed E-state index contributed by atoms with van der Waals surface area (Å²) in [5, 5.41) is 11.7. The lowest BCUT2D eigenvalue weighted by Gasteiger charge is -2.07. The second-order valence-electron chi connectivity index (χ2n) is 5.18. The van der Waals surface area contributed by atoms with Crippen LogP contribution >= 0.6 is 0 Å². The first-order chi connectivity index (χ1) is 8.90. The van der Waals surface area contributed by atoms with Gasteiger partial charge in [-0.1, -0.05) is 32.6 Å². The fourth-order valence-electron chi connectivity index (χ4n) is 2.60. The molecule has 1 aromatic rings. The average molecular weight is 251 g/mol. The second kappa shape index (κ2) is 7.52. The summed E-state index contributed by atoms with van der Waals surface area (Å²) in [7, 11) is 0. The van der Waals surface area contributed by atoms with E-state index in [2.05, 4.69) is 22.4 Å². The molecule has 0 saturated heterocycles. The van der Waals surface area contributed by atoms with Crippen molar-refractivity contribution in [1.82, 2.24) is 15.5 Å². The number of nitrogens with zero attached hydrogens (tertiary/aromatic N) is 2. The third kappa shape index (κ3) is 4.09. The monoisotopic (exact) mass is 251 g/mol. The van der Waals surface area contributed by atoms with Crippen LogP contribution in [0.5, 0.6) is 0 Å². The predicted octanol–water partition coefficient (Wildman–Crippen LogP) is 3.05. The highest BCUT2D eigenvalue weighted by atomic mass is 16.4. The molecule has 18 heavy (non-hydrogen) atoms. The lowest BCUT2D eigenvalue weighted by Crippen LogP contribution is -2.14. The van der Waals surface area contributed by atoms with Gasteiger partial charge in [0.25, 0.3) is 0 Å². The third-order valence-electron chi connectivity index (χ3n) is 3.68. The van der Waals surface area contributed by atoms with E-state index in [1.165, 1.54) is 38.5 Å². The van der Waals surface area contributed by atoms with E-state index in [4.69, 9.17) is 4.42 Å². The fourth-order valence-corrected chi connectivity index (χ4v) is 2.60. The first-order valence-corrected chi connectivity index (χ1v) is 7.43. The first kappa shape index (κ1) is 13.5. The van der Waals surface area contributed by atoms with E-state index in [1.54, 1.807) is 0 Å². The lowest BCUT2D eigenvalue weighted by atomic mass is 10.0. The van der Waals surface area contributed by atoms with Crippen molar-refractivity contribution >= 4 is 0 Å². The van der Waals surface area contributed by atoms with E-state index in [-0.39, 0.29) is 0 Å². The van der Waals surface area contributed by atoms with Crippen LogP contribution in [0.1, 0.15) is 69.6 Å². The molecule has 4 heteroatoms. The quantitative estimate of drug-likeness (QED) is 0.623. The molecule has 0 amide bonds.